The maximum atomic E-state index is 9.76. The van der Waals surface area contributed by atoms with E-state index >= 15 is 0 Å². The minimum Gasteiger partial charge on any atom is -0.394 e. The van der Waals surface area contributed by atoms with Crippen LogP contribution in [0.3, 0.4) is 0 Å². The van der Waals surface area contributed by atoms with Crippen LogP contribution >= 0.6 is 0 Å². The number of ether oxygens (including phenoxy) is 1. The van der Waals surface area contributed by atoms with Crippen molar-refractivity contribution < 1.29 is 9.84 Å². The molecule has 0 spiro atoms. The summed E-state index contributed by atoms with van der Waals surface area (Å²) in [6.45, 7) is 9.71. The van der Waals surface area contributed by atoms with Crippen molar-refractivity contribution in [3.05, 3.63) is 0 Å². The van der Waals surface area contributed by atoms with Gasteiger partial charge in [-0.3, -0.25) is 0 Å². The standard InChI is InChI=1S/C17H36N2O2/c1-5-17(14-20,18-15(2)3)10-8-11-19(4)13-16-9-6-7-12-21-16/h15-16,18,20H,5-14H2,1-4H3. The Balaban J connectivity index is 2.28. The van der Waals surface area contributed by atoms with E-state index < -0.39 is 0 Å². The van der Waals surface area contributed by atoms with E-state index in [9.17, 15) is 5.11 Å². The zero-order chi connectivity index (χ0) is 15.7. The number of nitrogens with zero attached hydrogens (tertiary/aromatic N) is 1. The van der Waals surface area contributed by atoms with E-state index in [2.05, 4.69) is 38.0 Å². The molecule has 0 aromatic carbocycles. The maximum absolute atomic E-state index is 9.76. The van der Waals surface area contributed by atoms with Crippen LogP contribution in [0.5, 0.6) is 0 Å². The van der Waals surface area contributed by atoms with Gasteiger partial charge in [-0.25, -0.2) is 0 Å². The predicted molar refractivity (Wildman–Crippen MR) is 88.7 cm³/mol. The Morgan fingerprint density at radius 2 is 2.14 bits per heavy atom. The van der Waals surface area contributed by atoms with Gasteiger partial charge < -0.3 is 20.1 Å². The van der Waals surface area contributed by atoms with Crippen molar-refractivity contribution in [1.82, 2.24) is 10.2 Å². The summed E-state index contributed by atoms with van der Waals surface area (Å²) < 4.78 is 5.80. The van der Waals surface area contributed by atoms with Gasteiger partial charge in [0.05, 0.1) is 12.7 Å². The van der Waals surface area contributed by atoms with Gasteiger partial charge in [-0.05, 0) is 52.1 Å². The lowest BCUT2D eigenvalue weighted by atomic mass is 9.90. The Morgan fingerprint density at radius 3 is 2.67 bits per heavy atom. The van der Waals surface area contributed by atoms with Crippen LogP contribution in [0.2, 0.25) is 0 Å². The molecule has 1 fully saturated rings. The molecular weight excluding hydrogens is 264 g/mol. The Bertz CT molecular complexity index is 262. The first-order valence-corrected chi connectivity index (χ1v) is 8.70. The third kappa shape index (κ3) is 7.09. The third-order valence-electron chi connectivity index (χ3n) is 4.56. The first-order valence-electron chi connectivity index (χ1n) is 8.70. The molecule has 1 saturated heterocycles. The van der Waals surface area contributed by atoms with E-state index in [-0.39, 0.29) is 12.1 Å². The SMILES string of the molecule is CCC(CO)(CCCN(C)CC1CCCCO1)NC(C)C. The van der Waals surface area contributed by atoms with E-state index in [1.165, 1.54) is 19.3 Å². The molecule has 1 aliphatic rings. The van der Waals surface area contributed by atoms with Gasteiger partial charge in [0.15, 0.2) is 0 Å². The number of nitrogens with one attached hydrogen (secondary N) is 1. The first kappa shape index (κ1) is 18.9. The summed E-state index contributed by atoms with van der Waals surface area (Å²) in [4.78, 5) is 2.38. The van der Waals surface area contributed by atoms with Crippen LogP contribution < -0.4 is 5.32 Å². The molecule has 0 aromatic heterocycles. The number of likely N-dealkylation sites (N-methyl/N-ethyl adjacent to an activating group) is 1. The zero-order valence-corrected chi connectivity index (χ0v) is 14.5. The van der Waals surface area contributed by atoms with E-state index in [4.69, 9.17) is 4.74 Å². The van der Waals surface area contributed by atoms with Crippen molar-refractivity contribution in [2.45, 2.75) is 77.0 Å². The fraction of sp³-hybridized carbons (Fsp3) is 1.00. The molecule has 126 valence electrons. The summed E-state index contributed by atoms with van der Waals surface area (Å²) in [7, 11) is 2.18. The van der Waals surface area contributed by atoms with Crippen molar-refractivity contribution in [2.75, 3.05) is 33.4 Å². The molecule has 0 saturated carbocycles. The highest BCUT2D eigenvalue weighted by molar-refractivity contribution is 4.87. The molecule has 2 N–H and O–H groups in total. The normalized spacial score (nSPS) is 22.7. The molecule has 1 aliphatic heterocycles. The van der Waals surface area contributed by atoms with Gasteiger partial charge in [-0.2, -0.15) is 0 Å². The van der Waals surface area contributed by atoms with Gasteiger partial charge in [0.2, 0.25) is 0 Å². The highest BCUT2D eigenvalue weighted by Gasteiger charge is 2.27. The lowest BCUT2D eigenvalue weighted by Crippen LogP contribution is -2.51. The fourth-order valence-corrected chi connectivity index (χ4v) is 3.28. The Hall–Kier alpha value is -0.160. The Labute approximate surface area is 131 Å². The summed E-state index contributed by atoms with van der Waals surface area (Å²) in [5.41, 5.74) is -0.115. The Morgan fingerprint density at radius 1 is 1.38 bits per heavy atom. The molecule has 0 aromatic rings. The highest BCUT2D eigenvalue weighted by atomic mass is 16.5. The average Bonchev–Trinajstić information content (AvgIpc) is 2.46. The van der Waals surface area contributed by atoms with Crippen molar-refractivity contribution >= 4 is 0 Å². The average molecular weight is 300 g/mol. The summed E-state index contributed by atoms with van der Waals surface area (Å²) >= 11 is 0. The number of aliphatic hydroxyl groups excluding tert-OH is 1. The van der Waals surface area contributed by atoms with E-state index in [1.54, 1.807) is 0 Å². The summed E-state index contributed by atoms with van der Waals surface area (Å²) in [6.07, 6.45) is 7.25. The monoisotopic (exact) mass is 300 g/mol. The van der Waals surface area contributed by atoms with E-state index in [0.29, 0.717) is 12.1 Å². The molecule has 2 atom stereocenters. The minimum absolute atomic E-state index is 0.115. The summed E-state index contributed by atoms with van der Waals surface area (Å²) in [5.74, 6) is 0. The molecule has 1 rings (SSSR count). The highest BCUT2D eigenvalue weighted by Crippen LogP contribution is 2.19. The summed E-state index contributed by atoms with van der Waals surface area (Å²) in [5, 5.41) is 13.3. The molecule has 0 radical (unpaired) electrons. The van der Waals surface area contributed by atoms with Crippen molar-refractivity contribution in [1.29, 1.82) is 0 Å². The maximum Gasteiger partial charge on any atom is 0.0701 e. The zero-order valence-electron chi connectivity index (χ0n) is 14.5. The molecule has 0 aliphatic carbocycles. The van der Waals surface area contributed by atoms with Gasteiger partial charge in [0.25, 0.3) is 0 Å². The lowest BCUT2D eigenvalue weighted by molar-refractivity contribution is -0.00206. The van der Waals surface area contributed by atoms with Gasteiger partial charge in [0, 0.05) is 24.7 Å². The van der Waals surface area contributed by atoms with Crippen molar-refractivity contribution in [2.24, 2.45) is 0 Å². The van der Waals surface area contributed by atoms with Crippen LogP contribution in [-0.4, -0.2) is 61.0 Å². The topological polar surface area (TPSA) is 44.7 Å². The van der Waals surface area contributed by atoms with Crippen LogP contribution in [0.4, 0.5) is 0 Å². The largest absolute Gasteiger partial charge is 0.394 e. The van der Waals surface area contributed by atoms with E-state index in [0.717, 1.165) is 39.0 Å². The van der Waals surface area contributed by atoms with Crippen LogP contribution in [0.15, 0.2) is 0 Å². The van der Waals surface area contributed by atoms with Crippen molar-refractivity contribution in [3.8, 4) is 0 Å². The smallest absolute Gasteiger partial charge is 0.0701 e. The van der Waals surface area contributed by atoms with Gasteiger partial charge in [-0.1, -0.05) is 20.8 Å². The number of hydrogen-bond acceptors (Lipinski definition) is 4. The van der Waals surface area contributed by atoms with Crippen LogP contribution in [0.1, 0.15) is 59.3 Å². The predicted octanol–water partition coefficient (Wildman–Crippen LogP) is 2.41. The van der Waals surface area contributed by atoms with Crippen LogP contribution in [-0.2, 0) is 4.74 Å². The third-order valence-corrected chi connectivity index (χ3v) is 4.56. The molecule has 1 heterocycles. The van der Waals surface area contributed by atoms with Crippen molar-refractivity contribution in [3.63, 3.8) is 0 Å². The fourth-order valence-electron chi connectivity index (χ4n) is 3.28. The van der Waals surface area contributed by atoms with Crippen LogP contribution in [0.25, 0.3) is 0 Å². The molecule has 0 amide bonds. The second kappa shape index (κ2) is 9.78. The Kier molecular flexibility index (Phi) is 8.79. The number of aliphatic hydroxyl groups is 1. The molecular formula is C17H36N2O2. The number of rotatable bonds is 10. The van der Waals surface area contributed by atoms with Gasteiger partial charge >= 0.3 is 0 Å². The molecule has 0 bridgehead atoms. The molecule has 2 unspecified atom stereocenters. The molecule has 4 nitrogen and oxygen atoms in total. The second-order valence-corrected chi connectivity index (χ2v) is 6.95. The molecule has 4 heteroatoms. The van der Waals surface area contributed by atoms with Crippen LogP contribution in [0, 0.1) is 0 Å². The lowest BCUT2D eigenvalue weighted by Gasteiger charge is -2.35. The summed E-state index contributed by atoms with van der Waals surface area (Å²) in [6, 6.07) is 0.408. The molecule has 21 heavy (non-hydrogen) atoms. The van der Waals surface area contributed by atoms with E-state index in [1.807, 2.05) is 0 Å². The number of hydrogen-bond donors (Lipinski definition) is 2. The first-order chi connectivity index (χ1) is 10.0. The quantitative estimate of drug-likeness (QED) is 0.650. The second-order valence-electron chi connectivity index (χ2n) is 6.95. The van der Waals surface area contributed by atoms with Gasteiger partial charge in [-0.15, -0.1) is 0 Å². The minimum atomic E-state index is -0.115. The van der Waals surface area contributed by atoms with Gasteiger partial charge in [0.1, 0.15) is 0 Å².